The van der Waals surface area contributed by atoms with Gasteiger partial charge in [-0.25, -0.2) is 0 Å². The molecule has 0 aromatic carbocycles. The first-order valence-corrected chi connectivity index (χ1v) is 6.75. The third kappa shape index (κ3) is 1.31. The molecule has 0 unspecified atom stereocenters. The second-order valence-electron chi connectivity index (χ2n) is 4.24. The van der Waals surface area contributed by atoms with Gasteiger partial charge in [0.25, 0.3) is 0 Å². The first kappa shape index (κ1) is 9.85. The van der Waals surface area contributed by atoms with E-state index in [1.807, 2.05) is 12.3 Å². The minimum absolute atomic E-state index is 1.05. The predicted octanol–water partition coefficient (Wildman–Crippen LogP) is 4.22. The molecule has 0 bridgehead atoms. The summed E-state index contributed by atoms with van der Waals surface area (Å²) in [5.74, 6) is 0. The van der Waals surface area contributed by atoms with Gasteiger partial charge in [0, 0.05) is 28.7 Å². The van der Waals surface area contributed by atoms with Crippen molar-refractivity contribution >= 4 is 27.8 Å². The van der Waals surface area contributed by atoms with E-state index in [-0.39, 0.29) is 0 Å². The zero-order valence-corrected chi connectivity index (χ0v) is 10.4. The molecular formula is C15H10N2S. The zero-order valence-electron chi connectivity index (χ0n) is 9.58. The van der Waals surface area contributed by atoms with E-state index >= 15 is 0 Å². The molecule has 18 heavy (non-hydrogen) atoms. The second-order valence-corrected chi connectivity index (χ2v) is 5.02. The van der Waals surface area contributed by atoms with Gasteiger partial charge in [-0.05, 0) is 41.8 Å². The Morgan fingerprint density at radius 1 is 1.11 bits per heavy atom. The van der Waals surface area contributed by atoms with Crippen LogP contribution in [0.1, 0.15) is 0 Å². The van der Waals surface area contributed by atoms with Gasteiger partial charge in [-0.2, -0.15) is 11.3 Å². The maximum absolute atomic E-state index is 4.47. The highest BCUT2D eigenvalue weighted by Gasteiger charge is 2.08. The Hall–Kier alpha value is -2.13. The number of nitrogens with zero attached hydrogens (tertiary/aromatic N) is 2. The van der Waals surface area contributed by atoms with Crippen molar-refractivity contribution in [3.63, 3.8) is 0 Å². The fraction of sp³-hybridized carbons (Fsp3) is 0. The zero-order chi connectivity index (χ0) is 11.9. The third-order valence-electron chi connectivity index (χ3n) is 3.21. The number of thiophene rings is 1. The van der Waals surface area contributed by atoms with Crippen LogP contribution in [-0.2, 0) is 0 Å². The van der Waals surface area contributed by atoms with E-state index in [0.29, 0.717) is 0 Å². The third-order valence-corrected chi connectivity index (χ3v) is 3.90. The highest BCUT2D eigenvalue weighted by Crippen LogP contribution is 2.28. The molecule has 0 fully saturated rings. The van der Waals surface area contributed by atoms with Crippen molar-refractivity contribution < 1.29 is 0 Å². The lowest BCUT2D eigenvalue weighted by atomic mass is 10.1. The van der Waals surface area contributed by atoms with E-state index in [0.717, 1.165) is 5.52 Å². The molecule has 0 amide bonds. The van der Waals surface area contributed by atoms with Gasteiger partial charge in [-0.15, -0.1) is 0 Å². The fourth-order valence-electron chi connectivity index (χ4n) is 2.39. The van der Waals surface area contributed by atoms with Crippen molar-refractivity contribution in [3.05, 3.63) is 59.6 Å². The van der Waals surface area contributed by atoms with E-state index in [1.54, 1.807) is 11.3 Å². The van der Waals surface area contributed by atoms with Crippen LogP contribution in [0.4, 0.5) is 0 Å². The minimum atomic E-state index is 1.05. The molecule has 0 atom stereocenters. The molecule has 4 aromatic rings. The van der Waals surface area contributed by atoms with Gasteiger partial charge >= 0.3 is 0 Å². The van der Waals surface area contributed by atoms with Crippen LogP contribution in [0.3, 0.4) is 0 Å². The number of rotatable bonds is 1. The molecule has 4 rings (SSSR count). The van der Waals surface area contributed by atoms with E-state index in [2.05, 4.69) is 56.7 Å². The number of hydrogen-bond donors (Lipinski definition) is 0. The fourth-order valence-corrected chi connectivity index (χ4v) is 3.04. The topological polar surface area (TPSA) is 17.3 Å². The molecule has 0 saturated heterocycles. The van der Waals surface area contributed by atoms with Gasteiger partial charge in [-0.1, -0.05) is 0 Å². The molecule has 0 N–H and O–H groups in total. The lowest BCUT2D eigenvalue weighted by molar-refractivity contribution is 1.21. The number of aromatic nitrogens is 2. The Labute approximate surface area is 108 Å². The normalized spacial score (nSPS) is 11.3. The minimum Gasteiger partial charge on any atom is -0.316 e. The quantitative estimate of drug-likeness (QED) is 0.494. The lowest BCUT2D eigenvalue weighted by Gasteiger charge is -2.07. The van der Waals surface area contributed by atoms with Crippen LogP contribution in [0.15, 0.2) is 59.6 Å². The van der Waals surface area contributed by atoms with Crippen LogP contribution in [0.5, 0.6) is 0 Å². The molecule has 0 aliphatic heterocycles. The summed E-state index contributed by atoms with van der Waals surface area (Å²) < 4.78 is 2.23. The Bertz CT molecular complexity index is 828. The molecule has 86 valence electrons. The van der Waals surface area contributed by atoms with Crippen molar-refractivity contribution in [2.45, 2.75) is 0 Å². The number of hydrogen-bond acceptors (Lipinski definition) is 2. The molecule has 2 nitrogen and oxygen atoms in total. The molecule has 0 aliphatic carbocycles. The number of fused-ring (bicyclic) bond motifs is 3. The summed E-state index contributed by atoms with van der Waals surface area (Å²) in [5.41, 5.74) is 4.70. The molecule has 3 heteroatoms. The predicted molar refractivity (Wildman–Crippen MR) is 76.0 cm³/mol. The first-order chi connectivity index (χ1) is 8.93. The Morgan fingerprint density at radius 3 is 3.00 bits per heavy atom. The maximum Gasteiger partial charge on any atom is 0.0744 e. The summed E-state index contributed by atoms with van der Waals surface area (Å²) in [4.78, 5) is 4.47. The van der Waals surface area contributed by atoms with Gasteiger partial charge in [-0.3, -0.25) is 4.98 Å². The van der Waals surface area contributed by atoms with Gasteiger partial charge in [0.15, 0.2) is 0 Å². The lowest BCUT2D eigenvalue weighted by Crippen LogP contribution is -1.91. The van der Waals surface area contributed by atoms with Gasteiger partial charge in [0.1, 0.15) is 0 Å². The monoisotopic (exact) mass is 250 g/mol. The average Bonchev–Trinajstić information content (AvgIpc) is 3.09. The molecule has 4 aromatic heterocycles. The Balaban J connectivity index is 2.21. The molecule has 0 spiro atoms. The molecule has 0 aliphatic rings. The summed E-state index contributed by atoms with van der Waals surface area (Å²) in [6.45, 7) is 0. The van der Waals surface area contributed by atoms with E-state index in [9.17, 15) is 0 Å². The van der Waals surface area contributed by atoms with E-state index in [1.165, 1.54) is 22.2 Å². The Morgan fingerprint density at radius 2 is 2.11 bits per heavy atom. The van der Waals surface area contributed by atoms with Crippen LogP contribution in [0.2, 0.25) is 0 Å². The van der Waals surface area contributed by atoms with Gasteiger partial charge in [0.05, 0.1) is 16.7 Å². The van der Waals surface area contributed by atoms with Gasteiger partial charge < -0.3 is 4.40 Å². The van der Waals surface area contributed by atoms with E-state index in [4.69, 9.17) is 0 Å². The standard InChI is InChI=1S/C15H10N2S/c1-3-12-13(16-6-1)9-15(11-5-8-18-10-11)17-7-2-4-14(12)17/h1-10H. The SMILES string of the molecule is c1cnc2cc(-c3ccsc3)n3cccc3c2c1. The van der Waals surface area contributed by atoms with Crippen molar-refractivity contribution in [3.8, 4) is 11.3 Å². The summed E-state index contributed by atoms with van der Waals surface area (Å²) in [6.07, 6.45) is 3.95. The highest BCUT2D eigenvalue weighted by molar-refractivity contribution is 7.08. The largest absolute Gasteiger partial charge is 0.316 e. The summed E-state index contributed by atoms with van der Waals surface area (Å²) in [6, 6.07) is 12.6. The Kier molecular flexibility index (Phi) is 2.02. The van der Waals surface area contributed by atoms with Gasteiger partial charge in [0.2, 0.25) is 0 Å². The van der Waals surface area contributed by atoms with Crippen LogP contribution in [-0.4, -0.2) is 9.38 Å². The van der Waals surface area contributed by atoms with Crippen molar-refractivity contribution in [1.29, 1.82) is 0 Å². The van der Waals surface area contributed by atoms with Crippen molar-refractivity contribution in [2.24, 2.45) is 0 Å². The average molecular weight is 250 g/mol. The summed E-state index contributed by atoms with van der Waals surface area (Å²) in [7, 11) is 0. The molecule has 0 radical (unpaired) electrons. The summed E-state index contributed by atoms with van der Waals surface area (Å²) >= 11 is 1.72. The first-order valence-electron chi connectivity index (χ1n) is 5.81. The highest BCUT2D eigenvalue weighted by atomic mass is 32.1. The van der Waals surface area contributed by atoms with Crippen LogP contribution in [0.25, 0.3) is 27.7 Å². The number of pyridine rings is 2. The van der Waals surface area contributed by atoms with Crippen LogP contribution in [0, 0.1) is 0 Å². The maximum atomic E-state index is 4.47. The van der Waals surface area contributed by atoms with Crippen LogP contribution < -0.4 is 0 Å². The van der Waals surface area contributed by atoms with E-state index < -0.39 is 0 Å². The van der Waals surface area contributed by atoms with Crippen molar-refractivity contribution in [1.82, 2.24) is 9.38 Å². The van der Waals surface area contributed by atoms with Crippen LogP contribution >= 0.6 is 11.3 Å². The second kappa shape index (κ2) is 3.68. The smallest absolute Gasteiger partial charge is 0.0744 e. The molecule has 0 saturated carbocycles. The molecular weight excluding hydrogens is 240 g/mol. The molecule has 4 heterocycles. The summed E-state index contributed by atoms with van der Waals surface area (Å²) in [5, 5.41) is 5.47. The van der Waals surface area contributed by atoms with Crippen molar-refractivity contribution in [2.75, 3.05) is 0 Å².